The van der Waals surface area contributed by atoms with Crippen molar-refractivity contribution in [2.75, 3.05) is 6.54 Å². The quantitative estimate of drug-likeness (QED) is 0.866. The molecule has 19 heavy (non-hydrogen) atoms. The average Bonchev–Trinajstić information content (AvgIpc) is 2.65. The van der Waals surface area contributed by atoms with E-state index in [0.29, 0.717) is 0 Å². The molecule has 0 radical (unpaired) electrons. The van der Waals surface area contributed by atoms with Crippen molar-refractivity contribution >= 4 is 27.8 Å². The van der Waals surface area contributed by atoms with E-state index in [1.165, 1.54) is 4.90 Å². The Morgan fingerprint density at radius 2 is 2.26 bits per heavy atom. The third-order valence-corrected chi connectivity index (χ3v) is 3.61. The first-order chi connectivity index (χ1) is 8.97. The lowest BCUT2D eigenvalue weighted by Gasteiger charge is -2.24. The van der Waals surface area contributed by atoms with E-state index in [1.54, 1.807) is 0 Å². The number of rotatable bonds is 4. The van der Waals surface area contributed by atoms with Crippen LogP contribution in [0, 0.1) is 0 Å². The van der Waals surface area contributed by atoms with Gasteiger partial charge in [-0.25, -0.2) is 4.79 Å². The highest BCUT2D eigenvalue weighted by Gasteiger charge is 2.36. The maximum absolute atomic E-state index is 11.7. The summed E-state index contributed by atoms with van der Waals surface area (Å²) >= 11 is 3.33. The van der Waals surface area contributed by atoms with E-state index in [2.05, 4.69) is 15.9 Å². The summed E-state index contributed by atoms with van der Waals surface area (Å²) in [5.41, 5.74) is 0.830. The number of hydrogen-bond acceptors (Lipinski definition) is 3. The Morgan fingerprint density at radius 1 is 1.53 bits per heavy atom. The molecular formula is C13H14BrNO4. The van der Waals surface area contributed by atoms with Crippen LogP contribution in [0.2, 0.25) is 0 Å². The van der Waals surface area contributed by atoms with E-state index in [-0.39, 0.29) is 25.3 Å². The first-order valence-electron chi connectivity index (χ1n) is 5.92. The molecule has 6 heteroatoms. The summed E-state index contributed by atoms with van der Waals surface area (Å²) in [6, 6.07) is 6.38. The molecule has 0 aromatic heterocycles. The first-order valence-corrected chi connectivity index (χ1v) is 6.71. The van der Waals surface area contributed by atoms with E-state index in [4.69, 9.17) is 0 Å². The number of aliphatic hydroxyl groups is 1. The van der Waals surface area contributed by atoms with Gasteiger partial charge >= 0.3 is 5.97 Å². The van der Waals surface area contributed by atoms with Crippen LogP contribution >= 0.6 is 15.9 Å². The molecule has 5 nitrogen and oxygen atoms in total. The van der Waals surface area contributed by atoms with Crippen LogP contribution in [0.4, 0.5) is 0 Å². The molecule has 1 unspecified atom stereocenters. The van der Waals surface area contributed by atoms with Gasteiger partial charge in [-0.1, -0.05) is 28.1 Å². The fraction of sp³-hybridized carbons (Fsp3) is 0.385. The maximum atomic E-state index is 11.7. The smallest absolute Gasteiger partial charge is 0.326 e. The second-order valence-corrected chi connectivity index (χ2v) is 5.51. The first kappa shape index (κ1) is 14.0. The van der Waals surface area contributed by atoms with Crippen LogP contribution in [-0.4, -0.2) is 45.7 Å². The second kappa shape index (κ2) is 5.71. The predicted octanol–water partition coefficient (Wildman–Crippen LogP) is 1.04. The van der Waals surface area contributed by atoms with Crippen LogP contribution in [0.5, 0.6) is 0 Å². The number of amides is 1. The van der Waals surface area contributed by atoms with Gasteiger partial charge in [-0.15, -0.1) is 0 Å². The highest BCUT2D eigenvalue weighted by molar-refractivity contribution is 9.10. The number of aliphatic hydroxyl groups excluding tert-OH is 1. The molecule has 1 aromatic rings. The summed E-state index contributed by atoms with van der Waals surface area (Å²) in [5.74, 6) is -1.36. The van der Waals surface area contributed by atoms with Crippen LogP contribution in [-0.2, 0) is 16.0 Å². The Balaban J connectivity index is 2.17. The van der Waals surface area contributed by atoms with E-state index in [0.717, 1.165) is 10.0 Å². The lowest BCUT2D eigenvalue weighted by Crippen LogP contribution is -2.44. The number of aliphatic carboxylic acids is 1. The number of hydrogen-bond donors (Lipinski definition) is 2. The summed E-state index contributed by atoms with van der Waals surface area (Å²) in [7, 11) is 0. The molecule has 0 spiro atoms. The normalized spacial score (nSPS) is 20.6. The molecule has 2 atom stereocenters. The van der Waals surface area contributed by atoms with Gasteiger partial charge in [-0.3, -0.25) is 4.79 Å². The fourth-order valence-corrected chi connectivity index (χ4v) is 2.68. The summed E-state index contributed by atoms with van der Waals surface area (Å²) in [6.45, 7) is 0.0871. The number of β-amino-alcohol motifs (C(OH)–C–C–N with tert-alkyl or cyclic N) is 1. The van der Waals surface area contributed by atoms with Crippen molar-refractivity contribution < 1.29 is 19.8 Å². The number of benzene rings is 1. The van der Waals surface area contributed by atoms with Crippen molar-refractivity contribution in [2.45, 2.75) is 25.0 Å². The Hall–Kier alpha value is -1.40. The number of carbonyl (C=O) groups is 2. The molecule has 0 bridgehead atoms. The predicted molar refractivity (Wildman–Crippen MR) is 71.6 cm³/mol. The van der Waals surface area contributed by atoms with E-state index < -0.39 is 18.1 Å². The average molecular weight is 328 g/mol. The number of halogens is 1. The largest absolute Gasteiger partial charge is 0.480 e. The SMILES string of the molecule is O=C(O)[C@H](Cc1cccc(Br)c1)N1CC(O)CC1=O. The van der Waals surface area contributed by atoms with Gasteiger partial charge in [0, 0.05) is 17.4 Å². The molecule has 1 amide bonds. The topological polar surface area (TPSA) is 77.8 Å². The van der Waals surface area contributed by atoms with Crippen molar-refractivity contribution in [2.24, 2.45) is 0 Å². The summed E-state index contributed by atoms with van der Waals surface area (Å²) < 4.78 is 0.863. The van der Waals surface area contributed by atoms with Gasteiger partial charge in [-0.05, 0) is 17.7 Å². The molecular weight excluding hydrogens is 314 g/mol. The van der Waals surface area contributed by atoms with Crippen LogP contribution in [0.25, 0.3) is 0 Å². The van der Waals surface area contributed by atoms with Crippen LogP contribution in [0.1, 0.15) is 12.0 Å². The zero-order chi connectivity index (χ0) is 14.0. The van der Waals surface area contributed by atoms with Crippen molar-refractivity contribution in [3.8, 4) is 0 Å². The second-order valence-electron chi connectivity index (χ2n) is 4.59. The number of carboxylic acid groups (broad SMARTS) is 1. The van der Waals surface area contributed by atoms with Crippen molar-refractivity contribution in [3.63, 3.8) is 0 Å². The van der Waals surface area contributed by atoms with Crippen molar-refractivity contribution in [1.29, 1.82) is 0 Å². The molecule has 1 aliphatic heterocycles. The van der Waals surface area contributed by atoms with Crippen molar-refractivity contribution in [3.05, 3.63) is 34.3 Å². The minimum Gasteiger partial charge on any atom is -0.480 e. The van der Waals surface area contributed by atoms with Crippen LogP contribution in [0.3, 0.4) is 0 Å². The third kappa shape index (κ3) is 3.33. The molecule has 1 aliphatic rings. The zero-order valence-electron chi connectivity index (χ0n) is 10.1. The van der Waals surface area contributed by atoms with Gasteiger partial charge in [-0.2, -0.15) is 0 Å². The van der Waals surface area contributed by atoms with Gasteiger partial charge < -0.3 is 15.1 Å². The molecule has 0 aliphatic carbocycles. The summed E-state index contributed by atoms with van der Waals surface area (Å²) in [6.07, 6.45) is -0.535. The van der Waals surface area contributed by atoms with Gasteiger partial charge in [0.15, 0.2) is 0 Å². The van der Waals surface area contributed by atoms with Gasteiger partial charge in [0.1, 0.15) is 6.04 Å². The van der Waals surface area contributed by atoms with E-state index in [1.807, 2.05) is 24.3 Å². The Bertz CT molecular complexity index is 505. The molecule has 2 rings (SSSR count). The van der Waals surface area contributed by atoms with Crippen LogP contribution in [0.15, 0.2) is 28.7 Å². The Morgan fingerprint density at radius 3 is 2.79 bits per heavy atom. The van der Waals surface area contributed by atoms with E-state index in [9.17, 15) is 19.8 Å². The molecule has 1 saturated heterocycles. The summed E-state index contributed by atoms with van der Waals surface area (Å²) in [5, 5.41) is 18.7. The highest BCUT2D eigenvalue weighted by Crippen LogP contribution is 2.19. The van der Waals surface area contributed by atoms with Gasteiger partial charge in [0.05, 0.1) is 12.5 Å². The molecule has 102 valence electrons. The lowest BCUT2D eigenvalue weighted by atomic mass is 10.1. The fourth-order valence-electron chi connectivity index (χ4n) is 2.23. The molecule has 1 aromatic carbocycles. The maximum Gasteiger partial charge on any atom is 0.326 e. The minimum atomic E-state index is -1.05. The third-order valence-electron chi connectivity index (χ3n) is 3.12. The number of carbonyl (C=O) groups excluding carboxylic acids is 1. The standard InChI is InChI=1S/C13H14BrNO4/c14-9-3-1-2-8(4-9)5-11(13(18)19)15-7-10(16)6-12(15)17/h1-4,10-11,16H,5-7H2,(H,18,19)/t10?,11-/m0/s1. The van der Waals surface area contributed by atoms with Crippen LogP contribution < -0.4 is 0 Å². The molecule has 1 fully saturated rings. The van der Waals surface area contributed by atoms with Gasteiger partial charge in [0.2, 0.25) is 5.91 Å². The summed E-state index contributed by atoms with van der Waals surface area (Å²) in [4.78, 5) is 24.3. The minimum absolute atomic E-state index is 0.00225. The Labute approximate surface area is 119 Å². The van der Waals surface area contributed by atoms with E-state index >= 15 is 0 Å². The zero-order valence-corrected chi connectivity index (χ0v) is 11.7. The van der Waals surface area contributed by atoms with Crippen molar-refractivity contribution in [1.82, 2.24) is 4.90 Å². The molecule has 0 saturated carbocycles. The molecule has 1 heterocycles. The highest BCUT2D eigenvalue weighted by atomic mass is 79.9. The Kier molecular flexibility index (Phi) is 4.21. The monoisotopic (exact) mass is 327 g/mol. The number of likely N-dealkylation sites (tertiary alicyclic amines) is 1. The molecule has 2 N–H and O–H groups in total. The number of carboxylic acids is 1. The lowest BCUT2D eigenvalue weighted by molar-refractivity contribution is -0.148. The number of nitrogens with zero attached hydrogens (tertiary/aromatic N) is 1. The van der Waals surface area contributed by atoms with Gasteiger partial charge in [0.25, 0.3) is 0 Å².